The van der Waals surface area contributed by atoms with E-state index in [0.29, 0.717) is 5.56 Å². The molecule has 36 heavy (non-hydrogen) atoms. The van der Waals surface area contributed by atoms with Crippen LogP contribution < -0.4 is 9.62 Å². The van der Waals surface area contributed by atoms with Gasteiger partial charge in [-0.15, -0.1) is 0 Å². The van der Waals surface area contributed by atoms with Gasteiger partial charge in [-0.05, 0) is 60.5 Å². The Bertz CT molecular complexity index is 1290. The number of benzene rings is 3. The Morgan fingerprint density at radius 2 is 1.44 bits per heavy atom. The van der Waals surface area contributed by atoms with Crippen LogP contribution in [0.3, 0.4) is 0 Å². The fourth-order valence-corrected chi connectivity index (χ4v) is 5.14. The van der Waals surface area contributed by atoms with E-state index in [1.807, 2.05) is 0 Å². The van der Waals surface area contributed by atoms with Gasteiger partial charge in [0.1, 0.15) is 24.2 Å². The topological polar surface area (TPSA) is 86.8 Å². The van der Waals surface area contributed by atoms with Gasteiger partial charge in [-0.25, -0.2) is 17.2 Å². The summed E-state index contributed by atoms with van der Waals surface area (Å²) in [7, 11) is -2.82. The van der Waals surface area contributed by atoms with E-state index in [-0.39, 0.29) is 23.5 Å². The quantitative estimate of drug-likeness (QED) is 0.446. The van der Waals surface area contributed by atoms with Crippen LogP contribution in [-0.2, 0) is 26.2 Å². The Kier molecular flexibility index (Phi) is 8.76. The van der Waals surface area contributed by atoms with E-state index in [2.05, 4.69) is 5.32 Å². The second-order valence-corrected chi connectivity index (χ2v) is 9.85. The van der Waals surface area contributed by atoms with Gasteiger partial charge in [0.25, 0.3) is 10.0 Å². The molecule has 0 fully saturated rings. The molecule has 3 rings (SSSR count). The van der Waals surface area contributed by atoms with Crippen molar-refractivity contribution in [2.75, 3.05) is 17.9 Å². The highest BCUT2D eigenvalue weighted by atomic mass is 32.2. The first-order valence-corrected chi connectivity index (χ1v) is 12.7. The third kappa shape index (κ3) is 6.25. The van der Waals surface area contributed by atoms with E-state index in [4.69, 9.17) is 0 Å². The SMILES string of the molecule is CCC(C(=O)NC)N(Cc1ccc(F)cc1)C(=O)CN(c1ccccc1)S(=O)(=O)c1ccc(F)cc1. The predicted molar refractivity (Wildman–Crippen MR) is 132 cm³/mol. The summed E-state index contributed by atoms with van der Waals surface area (Å²) in [5.41, 5.74) is 0.796. The molecule has 1 N–H and O–H groups in total. The normalized spacial score (nSPS) is 12.0. The molecule has 0 saturated heterocycles. The molecule has 1 atom stereocenters. The van der Waals surface area contributed by atoms with E-state index >= 15 is 0 Å². The zero-order chi connectivity index (χ0) is 26.3. The van der Waals surface area contributed by atoms with Crippen molar-refractivity contribution in [3.63, 3.8) is 0 Å². The van der Waals surface area contributed by atoms with Gasteiger partial charge in [0, 0.05) is 13.6 Å². The smallest absolute Gasteiger partial charge is 0.264 e. The van der Waals surface area contributed by atoms with Crippen LogP contribution >= 0.6 is 0 Å². The van der Waals surface area contributed by atoms with Gasteiger partial charge < -0.3 is 10.2 Å². The Balaban J connectivity index is 2.02. The van der Waals surface area contributed by atoms with Crippen LogP contribution in [0.5, 0.6) is 0 Å². The summed E-state index contributed by atoms with van der Waals surface area (Å²) >= 11 is 0. The first-order chi connectivity index (χ1) is 17.2. The highest BCUT2D eigenvalue weighted by Gasteiger charge is 2.33. The van der Waals surface area contributed by atoms with Crippen LogP contribution in [0.1, 0.15) is 18.9 Å². The summed E-state index contributed by atoms with van der Waals surface area (Å²) < 4.78 is 54.9. The Hall–Kier alpha value is -3.79. The Labute approximate surface area is 209 Å². The highest BCUT2D eigenvalue weighted by Crippen LogP contribution is 2.25. The van der Waals surface area contributed by atoms with Gasteiger partial charge in [0.2, 0.25) is 11.8 Å². The number of hydrogen-bond donors (Lipinski definition) is 1. The van der Waals surface area contributed by atoms with Gasteiger partial charge in [-0.3, -0.25) is 13.9 Å². The van der Waals surface area contributed by atoms with Gasteiger partial charge in [-0.1, -0.05) is 37.3 Å². The largest absolute Gasteiger partial charge is 0.357 e. The molecule has 0 heterocycles. The summed E-state index contributed by atoms with van der Waals surface area (Å²) in [5.74, 6) is -2.10. The van der Waals surface area contributed by atoms with E-state index in [1.54, 1.807) is 25.1 Å². The summed E-state index contributed by atoms with van der Waals surface area (Å²) in [6.07, 6.45) is 0.267. The maximum atomic E-state index is 13.7. The number of amides is 2. The maximum Gasteiger partial charge on any atom is 0.264 e. The molecule has 1 unspecified atom stereocenters. The van der Waals surface area contributed by atoms with Gasteiger partial charge in [0.15, 0.2) is 0 Å². The lowest BCUT2D eigenvalue weighted by molar-refractivity contribution is -0.140. The average molecular weight is 516 g/mol. The molecule has 0 aromatic heterocycles. The number of nitrogens with zero attached hydrogens (tertiary/aromatic N) is 2. The fraction of sp³-hybridized carbons (Fsp3) is 0.231. The third-order valence-electron chi connectivity index (χ3n) is 5.62. The number of para-hydroxylation sites is 1. The number of carbonyl (C=O) groups excluding carboxylic acids is 2. The number of hydrogen-bond acceptors (Lipinski definition) is 4. The zero-order valence-electron chi connectivity index (χ0n) is 19.9. The van der Waals surface area contributed by atoms with E-state index in [9.17, 15) is 26.8 Å². The summed E-state index contributed by atoms with van der Waals surface area (Å²) in [5, 5.41) is 2.53. The van der Waals surface area contributed by atoms with E-state index in [0.717, 1.165) is 28.6 Å². The van der Waals surface area contributed by atoms with Crippen molar-refractivity contribution in [2.45, 2.75) is 30.8 Å². The molecule has 0 bridgehead atoms. The van der Waals surface area contributed by atoms with E-state index in [1.165, 1.54) is 48.3 Å². The lowest BCUT2D eigenvalue weighted by Crippen LogP contribution is -2.51. The number of sulfonamides is 1. The van der Waals surface area contributed by atoms with Crippen molar-refractivity contribution in [1.82, 2.24) is 10.2 Å². The second kappa shape index (κ2) is 11.8. The van der Waals surface area contributed by atoms with Crippen molar-refractivity contribution in [3.8, 4) is 0 Å². The molecule has 2 amide bonds. The molecule has 190 valence electrons. The maximum absolute atomic E-state index is 13.7. The minimum Gasteiger partial charge on any atom is -0.357 e. The lowest BCUT2D eigenvalue weighted by atomic mass is 10.1. The minimum absolute atomic E-state index is 0.0374. The number of likely N-dealkylation sites (N-methyl/N-ethyl adjacent to an activating group) is 1. The van der Waals surface area contributed by atoms with Crippen LogP contribution in [0, 0.1) is 11.6 Å². The molecule has 3 aromatic carbocycles. The Morgan fingerprint density at radius 1 is 0.889 bits per heavy atom. The number of halogens is 2. The predicted octanol–water partition coefficient (Wildman–Crippen LogP) is 3.71. The third-order valence-corrected chi connectivity index (χ3v) is 7.41. The van der Waals surface area contributed by atoms with Crippen molar-refractivity contribution in [3.05, 3.63) is 96.1 Å². The number of nitrogens with one attached hydrogen (secondary N) is 1. The van der Waals surface area contributed by atoms with Crippen LogP contribution in [0.2, 0.25) is 0 Å². The molecule has 0 aliphatic carbocycles. The van der Waals surface area contributed by atoms with Gasteiger partial charge in [-0.2, -0.15) is 0 Å². The summed E-state index contributed by atoms with van der Waals surface area (Å²) in [6.45, 7) is 1.08. The van der Waals surface area contributed by atoms with Crippen LogP contribution in [0.4, 0.5) is 14.5 Å². The summed E-state index contributed by atoms with van der Waals surface area (Å²) in [4.78, 5) is 27.4. The number of anilines is 1. The highest BCUT2D eigenvalue weighted by molar-refractivity contribution is 7.92. The fourth-order valence-electron chi connectivity index (χ4n) is 3.73. The molecule has 3 aromatic rings. The number of carbonyl (C=O) groups is 2. The summed E-state index contributed by atoms with van der Waals surface area (Å²) in [6, 6.07) is 16.9. The van der Waals surface area contributed by atoms with Crippen molar-refractivity contribution >= 4 is 27.5 Å². The number of rotatable bonds is 10. The standard InChI is InChI=1S/C26H27F2N3O4S/c1-3-24(26(33)29-2)30(17-19-9-11-20(27)12-10-19)25(32)18-31(22-7-5-4-6-8-22)36(34,35)23-15-13-21(28)14-16-23/h4-16,24H,3,17-18H2,1-2H3,(H,29,33). The second-order valence-electron chi connectivity index (χ2n) is 7.99. The van der Waals surface area contributed by atoms with Gasteiger partial charge >= 0.3 is 0 Å². The van der Waals surface area contributed by atoms with Crippen LogP contribution in [0.15, 0.2) is 83.8 Å². The Morgan fingerprint density at radius 3 is 1.97 bits per heavy atom. The van der Waals surface area contributed by atoms with Crippen molar-refractivity contribution in [1.29, 1.82) is 0 Å². The van der Waals surface area contributed by atoms with E-state index < -0.39 is 46.1 Å². The molecule has 0 aliphatic rings. The molecule has 0 radical (unpaired) electrons. The van der Waals surface area contributed by atoms with Gasteiger partial charge in [0.05, 0.1) is 10.6 Å². The molecule has 7 nitrogen and oxygen atoms in total. The zero-order valence-corrected chi connectivity index (χ0v) is 20.7. The first-order valence-electron chi connectivity index (χ1n) is 11.3. The molecular weight excluding hydrogens is 488 g/mol. The molecule has 0 saturated carbocycles. The van der Waals surface area contributed by atoms with Crippen LogP contribution in [-0.4, -0.2) is 44.8 Å². The first kappa shape index (κ1) is 26.8. The monoisotopic (exact) mass is 515 g/mol. The van der Waals surface area contributed by atoms with Crippen molar-refractivity contribution in [2.24, 2.45) is 0 Å². The minimum atomic E-state index is -4.27. The van der Waals surface area contributed by atoms with Crippen LogP contribution in [0.25, 0.3) is 0 Å². The molecule has 0 aliphatic heterocycles. The average Bonchev–Trinajstić information content (AvgIpc) is 2.88. The van der Waals surface area contributed by atoms with Crippen molar-refractivity contribution < 1.29 is 26.8 Å². The molecule has 0 spiro atoms. The molecular formula is C26H27F2N3O4S. The lowest BCUT2D eigenvalue weighted by Gasteiger charge is -2.33. The molecule has 10 heteroatoms.